The largest absolute Gasteiger partial charge is 0.497 e. The van der Waals surface area contributed by atoms with Crippen molar-refractivity contribution in [3.8, 4) is 17.0 Å². The van der Waals surface area contributed by atoms with Gasteiger partial charge in [-0.2, -0.15) is 0 Å². The maximum atomic E-state index is 15.1. The van der Waals surface area contributed by atoms with Gasteiger partial charge in [0.15, 0.2) is 0 Å². The first kappa shape index (κ1) is 25.2. The van der Waals surface area contributed by atoms with Gasteiger partial charge in [-0.3, -0.25) is 4.79 Å². The lowest BCUT2D eigenvalue weighted by Gasteiger charge is -2.41. The Morgan fingerprint density at radius 2 is 1.78 bits per heavy atom. The van der Waals surface area contributed by atoms with E-state index in [2.05, 4.69) is 9.88 Å². The molecule has 194 valence electrons. The van der Waals surface area contributed by atoms with Crippen LogP contribution in [-0.4, -0.2) is 42.1 Å². The maximum Gasteiger partial charge on any atom is 0.262 e. The number of nitrogens with zero attached hydrogens (tertiary/aromatic N) is 4. The molecule has 1 aliphatic heterocycles. The van der Waals surface area contributed by atoms with Crippen molar-refractivity contribution in [3.63, 3.8) is 0 Å². The molecule has 2 unspecified atom stereocenters. The molecule has 37 heavy (non-hydrogen) atoms. The molecule has 1 saturated heterocycles. The molecule has 2 aromatic carbocycles. The molecule has 1 aliphatic carbocycles. The summed E-state index contributed by atoms with van der Waals surface area (Å²) in [6, 6.07) is 13.7. The van der Waals surface area contributed by atoms with E-state index in [1.165, 1.54) is 31.7 Å². The van der Waals surface area contributed by atoms with Crippen molar-refractivity contribution in [1.82, 2.24) is 9.97 Å². The van der Waals surface area contributed by atoms with Gasteiger partial charge in [-0.05, 0) is 74.9 Å². The fourth-order valence-electron chi connectivity index (χ4n) is 5.84. The predicted octanol–water partition coefficient (Wildman–Crippen LogP) is 6.36. The molecule has 2 fully saturated rings. The smallest absolute Gasteiger partial charge is 0.262 e. The molecular weight excluding hydrogens is 467 g/mol. The standard InChI is InChI=1S/C30H35FN4O2/c1-20(2)35(23-12-14-24(37-3)15-13-23)29(36)26-18-32-30(33-28(26)25-10-6-7-11-27(25)31)34-17-16-21-8-4-5-9-22(21)19-34/h6-7,10-15,18,20-22H,4-5,8-9,16-17,19H2,1-3H3. The molecule has 3 aromatic rings. The van der Waals surface area contributed by atoms with Crippen LogP contribution in [-0.2, 0) is 0 Å². The zero-order valence-electron chi connectivity index (χ0n) is 21.9. The number of amides is 1. The van der Waals surface area contributed by atoms with Gasteiger partial charge in [0, 0.05) is 36.6 Å². The monoisotopic (exact) mass is 502 g/mol. The lowest BCUT2D eigenvalue weighted by Crippen LogP contribution is -2.42. The molecule has 0 radical (unpaired) electrons. The van der Waals surface area contributed by atoms with E-state index in [4.69, 9.17) is 9.72 Å². The minimum absolute atomic E-state index is 0.139. The second kappa shape index (κ2) is 10.9. The van der Waals surface area contributed by atoms with Gasteiger partial charge in [-0.15, -0.1) is 0 Å². The molecule has 2 atom stereocenters. The van der Waals surface area contributed by atoms with E-state index in [0.717, 1.165) is 31.1 Å². The number of anilines is 2. The Balaban J connectivity index is 1.54. The summed E-state index contributed by atoms with van der Waals surface area (Å²) in [5.74, 6) is 2.03. The van der Waals surface area contributed by atoms with Crippen LogP contribution < -0.4 is 14.5 Å². The minimum Gasteiger partial charge on any atom is -0.497 e. The van der Waals surface area contributed by atoms with Crippen LogP contribution in [0, 0.1) is 17.7 Å². The summed E-state index contributed by atoms with van der Waals surface area (Å²) in [6.45, 7) is 5.71. The second-order valence-corrected chi connectivity index (χ2v) is 10.4. The first-order valence-electron chi connectivity index (χ1n) is 13.3. The van der Waals surface area contributed by atoms with Crippen molar-refractivity contribution in [3.05, 3.63) is 66.1 Å². The fraction of sp³-hybridized carbons (Fsp3) is 0.433. The van der Waals surface area contributed by atoms with Crippen LogP contribution >= 0.6 is 0 Å². The lowest BCUT2D eigenvalue weighted by atomic mass is 9.75. The maximum absolute atomic E-state index is 15.1. The first-order chi connectivity index (χ1) is 18.0. The number of aromatic nitrogens is 2. The number of benzene rings is 2. The fourth-order valence-corrected chi connectivity index (χ4v) is 5.84. The Bertz CT molecular complexity index is 1250. The third kappa shape index (κ3) is 5.17. The highest BCUT2D eigenvalue weighted by atomic mass is 19.1. The average molecular weight is 503 g/mol. The number of carbonyl (C=O) groups is 1. The lowest BCUT2D eigenvalue weighted by molar-refractivity contribution is 0.0980. The zero-order valence-corrected chi connectivity index (χ0v) is 21.9. The van der Waals surface area contributed by atoms with Crippen molar-refractivity contribution in [2.45, 2.75) is 52.0 Å². The number of piperidine rings is 1. The highest BCUT2D eigenvalue weighted by Crippen LogP contribution is 2.37. The number of carbonyl (C=O) groups excluding carboxylic acids is 1. The molecule has 2 heterocycles. The van der Waals surface area contributed by atoms with Gasteiger partial charge >= 0.3 is 0 Å². The van der Waals surface area contributed by atoms with Crippen molar-refractivity contribution < 1.29 is 13.9 Å². The molecule has 2 aliphatic rings. The van der Waals surface area contributed by atoms with Crippen molar-refractivity contribution in [1.29, 1.82) is 0 Å². The van der Waals surface area contributed by atoms with E-state index in [-0.39, 0.29) is 17.5 Å². The molecule has 1 amide bonds. The van der Waals surface area contributed by atoms with Crippen molar-refractivity contribution in [2.75, 3.05) is 30.0 Å². The highest BCUT2D eigenvalue weighted by molar-refractivity contribution is 6.10. The van der Waals surface area contributed by atoms with Crippen LogP contribution in [0.4, 0.5) is 16.0 Å². The van der Waals surface area contributed by atoms with E-state index in [1.54, 1.807) is 36.4 Å². The molecule has 7 heteroatoms. The SMILES string of the molecule is COc1ccc(N(C(=O)c2cnc(N3CCC4CCCCC4C3)nc2-c2ccccc2F)C(C)C)cc1. The third-order valence-corrected chi connectivity index (χ3v) is 7.80. The zero-order chi connectivity index (χ0) is 25.9. The van der Waals surface area contributed by atoms with E-state index < -0.39 is 5.82 Å². The number of hydrogen-bond donors (Lipinski definition) is 0. The molecule has 0 spiro atoms. The molecule has 5 rings (SSSR count). The molecule has 1 aromatic heterocycles. The average Bonchev–Trinajstić information content (AvgIpc) is 2.93. The summed E-state index contributed by atoms with van der Waals surface area (Å²) in [4.78, 5) is 27.4. The molecule has 0 N–H and O–H groups in total. The van der Waals surface area contributed by atoms with E-state index in [0.29, 0.717) is 28.9 Å². The molecular formula is C30H35FN4O2. The Morgan fingerprint density at radius 1 is 1.05 bits per heavy atom. The summed E-state index contributed by atoms with van der Waals surface area (Å²) in [5, 5.41) is 0. The number of halogens is 1. The molecule has 1 saturated carbocycles. The van der Waals surface area contributed by atoms with Crippen LogP contribution in [0.25, 0.3) is 11.3 Å². The number of ether oxygens (including phenoxy) is 1. The summed E-state index contributed by atoms with van der Waals surface area (Å²) >= 11 is 0. The van der Waals surface area contributed by atoms with Gasteiger partial charge in [0.05, 0.1) is 18.4 Å². The van der Waals surface area contributed by atoms with Crippen LogP contribution in [0.2, 0.25) is 0 Å². The highest BCUT2D eigenvalue weighted by Gasteiger charge is 2.33. The van der Waals surface area contributed by atoms with Crippen LogP contribution in [0.5, 0.6) is 5.75 Å². The Hall–Kier alpha value is -3.48. The van der Waals surface area contributed by atoms with Crippen LogP contribution in [0.3, 0.4) is 0 Å². The Labute approximate surface area is 218 Å². The van der Waals surface area contributed by atoms with Gasteiger partial charge in [0.1, 0.15) is 11.6 Å². The number of methoxy groups -OCH3 is 1. The normalized spacial score (nSPS) is 19.4. The number of fused-ring (bicyclic) bond motifs is 1. The number of rotatable bonds is 6. The minimum atomic E-state index is -0.410. The summed E-state index contributed by atoms with van der Waals surface area (Å²) < 4.78 is 20.3. The summed E-state index contributed by atoms with van der Waals surface area (Å²) in [6.07, 6.45) is 7.86. The number of hydrogen-bond acceptors (Lipinski definition) is 5. The third-order valence-electron chi connectivity index (χ3n) is 7.80. The van der Waals surface area contributed by atoms with E-state index in [9.17, 15) is 4.79 Å². The topological polar surface area (TPSA) is 58.6 Å². The van der Waals surface area contributed by atoms with Crippen molar-refractivity contribution >= 4 is 17.5 Å². The first-order valence-corrected chi connectivity index (χ1v) is 13.3. The summed E-state index contributed by atoms with van der Waals surface area (Å²) in [7, 11) is 1.61. The van der Waals surface area contributed by atoms with Crippen LogP contribution in [0.15, 0.2) is 54.7 Å². The van der Waals surface area contributed by atoms with Gasteiger partial charge in [-0.1, -0.05) is 31.4 Å². The van der Waals surface area contributed by atoms with Crippen molar-refractivity contribution in [2.24, 2.45) is 11.8 Å². The van der Waals surface area contributed by atoms with Gasteiger partial charge in [-0.25, -0.2) is 14.4 Å². The van der Waals surface area contributed by atoms with Gasteiger partial charge < -0.3 is 14.5 Å². The molecule has 6 nitrogen and oxygen atoms in total. The van der Waals surface area contributed by atoms with E-state index in [1.807, 2.05) is 38.1 Å². The van der Waals surface area contributed by atoms with Gasteiger partial charge in [0.2, 0.25) is 5.95 Å². The quantitative estimate of drug-likeness (QED) is 0.392. The van der Waals surface area contributed by atoms with Crippen LogP contribution in [0.1, 0.15) is 56.3 Å². The Kier molecular flexibility index (Phi) is 7.40. The second-order valence-electron chi connectivity index (χ2n) is 10.4. The van der Waals surface area contributed by atoms with E-state index >= 15 is 4.39 Å². The predicted molar refractivity (Wildman–Crippen MR) is 145 cm³/mol. The molecule has 0 bridgehead atoms. The summed E-state index contributed by atoms with van der Waals surface area (Å²) in [5.41, 5.74) is 1.65. The van der Waals surface area contributed by atoms with Gasteiger partial charge in [0.25, 0.3) is 5.91 Å². The Morgan fingerprint density at radius 3 is 2.49 bits per heavy atom.